The van der Waals surface area contributed by atoms with Gasteiger partial charge in [0.1, 0.15) is 6.61 Å². The van der Waals surface area contributed by atoms with Gasteiger partial charge >= 0.3 is 5.97 Å². The highest BCUT2D eigenvalue weighted by Crippen LogP contribution is 2.48. The molecule has 0 unspecified atom stereocenters. The van der Waals surface area contributed by atoms with Crippen LogP contribution in [0.2, 0.25) is 0 Å². The van der Waals surface area contributed by atoms with Crippen LogP contribution in [-0.4, -0.2) is 79.4 Å². The first-order valence-electron chi connectivity index (χ1n) is 11.1. The van der Waals surface area contributed by atoms with Crippen molar-refractivity contribution in [3.63, 3.8) is 0 Å². The zero-order valence-corrected chi connectivity index (χ0v) is 19.6. The Morgan fingerprint density at radius 1 is 0.967 bits per heavy atom. The quantitative estimate of drug-likeness (QED) is 0.417. The van der Waals surface area contributed by atoms with Crippen LogP contribution in [0, 0.1) is 5.41 Å². The van der Waals surface area contributed by atoms with Gasteiger partial charge in [-0.1, -0.05) is 6.92 Å². The van der Waals surface area contributed by atoms with Crippen molar-refractivity contribution in [3.05, 3.63) is 0 Å². The highest BCUT2D eigenvalue weighted by atomic mass is 16.7. The van der Waals surface area contributed by atoms with Crippen molar-refractivity contribution >= 4 is 5.97 Å². The molecule has 0 bridgehead atoms. The zero-order valence-electron chi connectivity index (χ0n) is 19.6. The van der Waals surface area contributed by atoms with Crippen LogP contribution < -0.4 is 0 Å². The summed E-state index contributed by atoms with van der Waals surface area (Å²) in [7, 11) is 0. The largest absolute Gasteiger partial charge is 0.465 e. The summed E-state index contributed by atoms with van der Waals surface area (Å²) >= 11 is 0. The molecule has 8 heteroatoms. The minimum atomic E-state index is -0.733. The maximum absolute atomic E-state index is 12.1. The van der Waals surface area contributed by atoms with Crippen molar-refractivity contribution in [2.24, 2.45) is 5.41 Å². The van der Waals surface area contributed by atoms with Gasteiger partial charge in [-0.15, -0.1) is 0 Å². The summed E-state index contributed by atoms with van der Waals surface area (Å²) in [6.45, 7) is 15.1. The Morgan fingerprint density at radius 2 is 1.53 bits per heavy atom. The molecule has 176 valence electrons. The van der Waals surface area contributed by atoms with Crippen molar-refractivity contribution in [2.45, 2.75) is 84.1 Å². The molecule has 0 saturated carbocycles. The van der Waals surface area contributed by atoms with Gasteiger partial charge in [0.15, 0.2) is 5.79 Å². The third-order valence-corrected chi connectivity index (χ3v) is 6.15. The van der Waals surface area contributed by atoms with E-state index in [2.05, 4.69) is 6.92 Å². The monoisotopic (exact) mass is 431 g/mol. The molecule has 2 heterocycles. The van der Waals surface area contributed by atoms with Crippen LogP contribution in [0.5, 0.6) is 0 Å². The molecule has 8 nitrogen and oxygen atoms in total. The molecule has 0 atom stereocenters. The molecule has 0 aliphatic carbocycles. The number of rotatable bonds is 10. The Morgan fingerprint density at radius 3 is 2.07 bits per heavy atom. The maximum atomic E-state index is 12.1. The topological polar surface area (TPSA) is 86.7 Å². The van der Waals surface area contributed by atoms with Crippen LogP contribution in [0.15, 0.2) is 0 Å². The van der Waals surface area contributed by atoms with Crippen LogP contribution in [0.4, 0.5) is 0 Å². The van der Waals surface area contributed by atoms with E-state index in [9.17, 15) is 10.0 Å². The van der Waals surface area contributed by atoms with E-state index in [1.165, 1.54) is 5.06 Å². The van der Waals surface area contributed by atoms with E-state index >= 15 is 0 Å². The van der Waals surface area contributed by atoms with E-state index in [4.69, 9.17) is 23.7 Å². The average molecular weight is 432 g/mol. The van der Waals surface area contributed by atoms with E-state index in [0.29, 0.717) is 52.5 Å². The van der Waals surface area contributed by atoms with Gasteiger partial charge in [-0.3, -0.25) is 4.79 Å². The predicted molar refractivity (Wildman–Crippen MR) is 111 cm³/mol. The van der Waals surface area contributed by atoms with Crippen LogP contribution >= 0.6 is 0 Å². The number of nitrogens with zero attached hydrogens (tertiary/aromatic N) is 1. The number of hydroxylamine groups is 2. The Kier molecular flexibility index (Phi) is 8.69. The Hall–Kier alpha value is -0.770. The lowest BCUT2D eigenvalue weighted by molar-refractivity contribution is -0.375. The summed E-state index contributed by atoms with van der Waals surface area (Å²) in [5.74, 6) is -1.01. The van der Waals surface area contributed by atoms with Gasteiger partial charge in [-0.2, -0.15) is 5.06 Å². The van der Waals surface area contributed by atoms with Gasteiger partial charge in [0, 0.05) is 30.5 Å². The van der Waals surface area contributed by atoms with Gasteiger partial charge < -0.3 is 28.9 Å². The van der Waals surface area contributed by atoms with Crippen LogP contribution in [-0.2, 0) is 28.5 Å². The molecule has 2 fully saturated rings. The van der Waals surface area contributed by atoms with E-state index in [1.807, 2.05) is 34.6 Å². The maximum Gasteiger partial charge on any atom is 0.308 e. The van der Waals surface area contributed by atoms with Crippen molar-refractivity contribution in [3.8, 4) is 0 Å². The lowest BCUT2D eigenvalue weighted by Gasteiger charge is -2.58. The fourth-order valence-electron chi connectivity index (χ4n) is 4.42. The van der Waals surface area contributed by atoms with Gasteiger partial charge in [0.05, 0.1) is 44.9 Å². The zero-order chi connectivity index (χ0) is 22.5. The van der Waals surface area contributed by atoms with Crippen molar-refractivity contribution in [1.29, 1.82) is 0 Å². The van der Waals surface area contributed by atoms with E-state index < -0.39 is 16.9 Å². The molecule has 0 aromatic rings. The molecule has 0 aromatic carbocycles. The summed E-state index contributed by atoms with van der Waals surface area (Å²) in [6.07, 6.45) is 2.13. The summed E-state index contributed by atoms with van der Waals surface area (Å²) in [4.78, 5) is 12.1. The molecule has 1 N–H and O–H groups in total. The molecular weight excluding hydrogens is 390 g/mol. The third kappa shape index (κ3) is 6.37. The lowest BCUT2D eigenvalue weighted by Crippen LogP contribution is -2.67. The normalized spacial score (nSPS) is 24.6. The first-order valence-corrected chi connectivity index (χ1v) is 11.1. The van der Waals surface area contributed by atoms with Gasteiger partial charge in [0.2, 0.25) is 0 Å². The summed E-state index contributed by atoms with van der Waals surface area (Å²) < 4.78 is 28.7. The smallest absolute Gasteiger partial charge is 0.308 e. The highest BCUT2D eigenvalue weighted by Gasteiger charge is 2.56. The van der Waals surface area contributed by atoms with Crippen molar-refractivity contribution in [2.75, 3.05) is 46.2 Å². The number of piperidine rings is 1. The fourth-order valence-corrected chi connectivity index (χ4v) is 4.42. The van der Waals surface area contributed by atoms with E-state index in [1.54, 1.807) is 0 Å². The molecular formula is C22H41NO7. The van der Waals surface area contributed by atoms with Crippen LogP contribution in [0.1, 0.15) is 67.2 Å². The number of hydrogen-bond donors (Lipinski definition) is 1. The second-order valence-corrected chi connectivity index (χ2v) is 9.85. The number of hydrogen-bond acceptors (Lipinski definition) is 8. The number of ether oxygens (including phenoxy) is 5. The first-order chi connectivity index (χ1) is 14.0. The predicted octanol–water partition coefficient (Wildman–Crippen LogP) is 3.15. The number of esters is 1. The van der Waals surface area contributed by atoms with Crippen molar-refractivity contribution in [1.82, 2.24) is 5.06 Å². The molecule has 0 radical (unpaired) electrons. The molecule has 30 heavy (non-hydrogen) atoms. The third-order valence-electron chi connectivity index (χ3n) is 6.15. The van der Waals surface area contributed by atoms with Gasteiger partial charge in [-0.25, -0.2) is 0 Å². The van der Waals surface area contributed by atoms with Crippen molar-refractivity contribution < 1.29 is 33.7 Å². The van der Waals surface area contributed by atoms with E-state index in [0.717, 1.165) is 6.42 Å². The summed E-state index contributed by atoms with van der Waals surface area (Å²) in [6, 6.07) is 0. The van der Waals surface area contributed by atoms with E-state index in [-0.39, 0.29) is 24.4 Å². The minimum absolute atomic E-state index is 0.215. The summed E-state index contributed by atoms with van der Waals surface area (Å²) in [5.41, 5.74) is -1.30. The molecule has 2 aliphatic heterocycles. The fraction of sp³-hybridized carbons (Fsp3) is 0.955. The van der Waals surface area contributed by atoms with Crippen LogP contribution in [0.3, 0.4) is 0 Å². The first kappa shape index (κ1) is 25.5. The lowest BCUT2D eigenvalue weighted by atomic mass is 9.76. The SMILES string of the molecule is CCOCCOCCC(=O)OCC1(CC)COC2(CC(C)(C)N(O)C(C)(C)C2)OC1. The number of carbonyl (C=O) groups excluding carboxylic acids is 1. The summed E-state index contributed by atoms with van der Waals surface area (Å²) in [5, 5.41) is 12.0. The molecule has 2 rings (SSSR count). The Bertz CT molecular complexity index is 536. The molecule has 2 saturated heterocycles. The van der Waals surface area contributed by atoms with Crippen LogP contribution in [0.25, 0.3) is 0 Å². The number of carbonyl (C=O) groups is 1. The molecule has 1 spiro atoms. The standard InChI is InChI=1S/C22H41NO7/c1-7-21(15-28-18(24)9-10-27-12-11-26-8-2)16-29-22(30-17-21)13-19(3,4)23(25)20(5,6)14-22/h25H,7-17H2,1-6H3. The molecule has 0 amide bonds. The minimum Gasteiger partial charge on any atom is -0.465 e. The highest BCUT2D eigenvalue weighted by molar-refractivity contribution is 5.69. The second kappa shape index (κ2) is 10.2. The molecule has 0 aromatic heterocycles. The Balaban J connectivity index is 1.83. The van der Waals surface area contributed by atoms with Gasteiger partial charge in [0.25, 0.3) is 0 Å². The average Bonchev–Trinajstić information content (AvgIpc) is 2.68. The Labute approximate surface area is 181 Å². The molecule has 2 aliphatic rings. The van der Waals surface area contributed by atoms with Gasteiger partial charge in [-0.05, 0) is 41.0 Å². The second-order valence-electron chi connectivity index (χ2n) is 9.85.